The molecule has 0 saturated heterocycles. The molecule has 0 aliphatic carbocycles. The number of hydrogen-bond acceptors (Lipinski definition) is 2. The lowest BCUT2D eigenvalue weighted by Gasteiger charge is -2.05. The second-order valence-corrected chi connectivity index (χ2v) is 3.65. The first kappa shape index (κ1) is 11.5. The van der Waals surface area contributed by atoms with Gasteiger partial charge in [0.25, 0.3) is 0 Å². The summed E-state index contributed by atoms with van der Waals surface area (Å²) in [4.78, 5) is 7.33. The second-order valence-electron chi connectivity index (χ2n) is 3.65. The molecular formula is C14H16N2O. The first-order valence-corrected chi connectivity index (χ1v) is 5.74. The smallest absolute Gasteiger partial charge is 0.140 e. The van der Waals surface area contributed by atoms with Gasteiger partial charge in [-0.15, -0.1) is 0 Å². The molecule has 0 aliphatic rings. The molecule has 1 aromatic heterocycles. The topological polar surface area (TPSA) is 37.4 Å². The number of aromatic nitrogens is 1. The van der Waals surface area contributed by atoms with Crippen molar-refractivity contribution in [3.63, 3.8) is 0 Å². The van der Waals surface area contributed by atoms with Crippen molar-refractivity contribution < 1.29 is 4.74 Å². The molecule has 3 heteroatoms. The molecule has 0 radical (unpaired) electrons. The van der Waals surface area contributed by atoms with Gasteiger partial charge >= 0.3 is 0 Å². The molecule has 3 nitrogen and oxygen atoms in total. The van der Waals surface area contributed by atoms with Crippen molar-refractivity contribution in [3.8, 4) is 5.75 Å². The fourth-order valence-corrected chi connectivity index (χ4v) is 1.57. The molecule has 0 atom stereocenters. The zero-order chi connectivity index (χ0) is 12.1. The highest BCUT2D eigenvalue weighted by atomic mass is 16.5. The molecule has 0 aliphatic heterocycles. The molecule has 0 bridgehead atoms. The molecule has 1 aromatic carbocycles. The number of rotatable bonds is 4. The van der Waals surface area contributed by atoms with Crippen LogP contribution in [0.3, 0.4) is 0 Å². The van der Waals surface area contributed by atoms with Gasteiger partial charge in [0.1, 0.15) is 11.5 Å². The van der Waals surface area contributed by atoms with Crippen molar-refractivity contribution in [2.45, 2.75) is 13.8 Å². The van der Waals surface area contributed by atoms with E-state index in [-0.39, 0.29) is 0 Å². The second kappa shape index (κ2) is 5.34. The number of allylic oxidation sites excluding steroid dienone is 2. The van der Waals surface area contributed by atoms with Gasteiger partial charge in [0, 0.05) is 24.3 Å². The highest BCUT2D eigenvalue weighted by Gasteiger charge is 2.00. The summed E-state index contributed by atoms with van der Waals surface area (Å²) in [5, 5.41) is 1.18. The minimum absolute atomic E-state index is 0.760. The third kappa shape index (κ3) is 2.75. The number of benzene rings is 1. The molecule has 1 heterocycles. The van der Waals surface area contributed by atoms with Crippen LogP contribution in [0.5, 0.6) is 5.75 Å². The summed E-state index contributed by atoms with van der Waals surface area (Å²) >= 11 is 0. The number of aliphatic imine (C=N–C) groups is 1. The van der Waals surface area contributed by atoms with Gasteiger partial charge in [-0.2, -0.15) is 0 Å². The Labute approximate surface area is 101 Å². The number of aromatic amines is 1. The van der Waals surface area contributed by atoms with Gasteiger partial charge in [-0.1, -0.05) is 0 Å². The maximum atomic E-state index is 5.74. The molecule has 0 fully saturated rings. The van der Waals surface area contributed by atoms with E-state index in [0.717, 1.165) is 23.6 Å². The van der Waals surface area contributed by atoms with Crippen molar-refractivity contribution in [2.24, 2.45) is 4.99 Å². The zero-order valence-corrected chi connectivity index (χ0v) is 10.1. The zero-order valence-electron chi connectivity index (χ0n) is 10.1. The Bertz CT molecular complexity index is 552. The van der Waals surface area contributed by atoms with E-state index in [1.165, 1.54) is 5.39 Å². The normalized spacial score (nSPS) is 12.5. The summed E-state index contributed by atoms with van der Waals surface area (Å²) in [7, 11) is 0. The van der Waals surface area contributed by atoms with E-state index < -0.39 is 0 Å². The van der Waals surface area contributed by atoms with Crippen LogP contribution in [0.15, 0.2) is 47.3 Å². The maximum absolute atomic E-state index is 5.74. The van der Waals surface area contributed by atoms with Crippen LogP contribution in [0.25, 0.3) is 10.9 Å². The van der Waals surface area contributed by atoms with Crippen LogP contribution in [0, 0.1) is 0 Å². The number of H-pyrrole nitrogens is 1. The quantitative estimate of drug-likeness (QED) is 0.630. The Kier molecular flexibility index (Phi) is 3.60. The van der Waals surface area contributed by atoms with Gasteiger partial charge in [-0.05, 0) is 43.5 Å². The minimum atomic E-state index is 0.760. The van der Waals surface area contributed by atoms with Crippen LogP contribution >= 0.6 is 0 Å². The first-order chi connectivity index (χ1) is 8.33. The minimum Gasteiger partial charge on any atom is -0.456 e. The third-order valence-electron chi connectivity index (χ3n) is 2.45. The van der Waals surface area contributed by atoms with E-state index >= 15 is 0 Å². The summed E-state index contributed by atoms with van der Waals surface area (Å²) in [6, 6.07) is 8.01. The largest absolute Gasteiger partial charge is 0.456 e. The summed E-state index contributed by atoms with van der Waals surface area (Å²) in [5.74, 6) is 1.58. The molecule has 0 amide bonds. The summed E-state index contributed by atoms with van der Waals surface area (Å²) in [6.07, 6.45) is 5.57. The Balaban J connectivity index is 2.19. The highest BCUT2D eigenvalue weighted by molar-refractivity contribution is 5.81. The van der Waals surface area contributed by atoms with E-state index in [0.29, 0.717) is 0 Å². The van der Waals surface area contributed by atoms with E-state index in [2.05, 4.69) is 9.98 Å². The van der Waals surface area contributed by atoms with Gasteiger partial charge < -0.3 is 9.72 Å². The van der Waals surface area contributed by atoms with E-state index in [1.54, 1.807) is 6.21 Å². The van der Waals surface area contributed by atoms with E-state index in [9.17, 15) is 0 Å². The number of nitrogens with zero attached hydrogens (tertiary/aromatic N) is 1. The lowest BCUT2D eigenvalue weighted by Crippen LogP contribution is -1.96. The Hall–Kier alpha value is -2.03. The fraction of sp³-hybridized carbons (Fsp3) is 0.214. The number of hydrogen-bond donors (Lipinski definition) is 1. The molecule has 1 N–H and O–H groups in total. The fourth-order valence-electron chi connectivity index (χ4n) is 1.57. The van der Waals surface area contributed by atoms with Crippen LogP contribution in [0.1, 0.15) is 13.8 Å². The predicted molar refractivity (Wildman–Crippen MR) is 71.7 cm³/mol. The van der Waals surface area contributed by atoms with Gasteiger partial charge in [0.05, 0.1) is 6.21 Å². The molecular weight excluding hydrogens is 212 g/mol. The van der Waals surface area contributed by atoms with Crippen molar-refractivity contribution in [3.05, 3.63) is 42.3 Å². The predicted octanol–water partition coefficient (Wildman–Crippen LogP) is 3.54. The van der Waals surface area contributed by atoms with Crippen molar-refractivity contribution in [1.82, 2.24) is 4.98 Å². The lowest BCUT2D eigenvalue weighted by molar-refractivity contribution is 0.456. The van der Waals surface area contributed by atoms with Crippen molar-refractivity contribution in [2.75, 3.05) is 6.54 Å². The SMILES string of the molecule is C/C=C(\C=NCC)Oc1ccc2cc[nH]c2c1. The Morgan fingerprint density at radius 2 is 2.29 bits per heavy atom. The van der Waals surface area contributed by atoms with Crippen LogP contribution in [0.2, 0.25) is 0 Å². The van der Waals surface area contributed by atoms with Gasteiger partial charge in [0.15, 0.2) is 0 Å². The molecule has 0 unspecified atom stereocenters. The standard InChI is InChI=1S/C14H16N2O/c1-3-12(10-15-4-2)17-13-6-5-11-7-8-16-14(11)9-13/h3,5-10,16H,4H2,1-2H3/b12-3+,15-10?. The monoisotopic (exact) mass is 228 g/mol. The summed E-state index contributed by atoms with van der Waals surface area (Å²) in [5.41, 5.74) is 1.07. The average Bonchev–Trinajstić information content (AvgIpc) is 2.81. The van der Waals surface area contributed by atoms with Crippen molar-refractivity contribution >= 4 is 17.1 Å². The van der Waals surface area contributed by atoms with Crippen molar-refractivity contribution in [1.29, 1.82) is 0 Å². The number of nitrogens with one attached hydrogen (secondary N) is 1. The van der Waals surface area contributed by atoms with Gasteiger partial charge in [0.2, 0.25) is 0 Å². The molecule has 88 valence electrons. The van der Waals surface area contributed by atoms with E-state index in [4.69, 9.17) is 4.74 Å². The number of fused-ring (bicyclic) bond motifs is 1. The van der Waals surface area contributed by atoms with Crippen LogP contribution < -0.4 is 4.74 Å². The molecule has 2 rings (SSSR count). The Morgan fingerprint density at radius 1 is 1.41 bits per heavy atom. The van der Waals surface area contributed by atoms with Crippen LogP contribution in [-0.4, -0.2) is 17.7 Å². The lowest BCUT2D eigenvalue weighted by atomic mass is 10.2. The highest BCUT2D eigenvalue weighted by Crippen LogP contribution is 2.20. The summed E-state index contributed by atoms with van der Waals surface area (Å²) < 4.78 is 5.74. The third-order valence-corrected chi connectivity index (χ3v) is 2.45. The molecule has 2 aromatic rings. The average molecular weight is 228 g/mol. The number of ether oxygens (including phenoxy) is 1. The maximum Gasteiger partial charge on any atom is 0.140 e. The molecule has 17 heavy (non-hydrogen) atoms. The van der Waals surface area contributed by atoms with E-state index in [1.807, 2.05) is 50.4 Å². The van der Waals surface area contributed by atoms with Gasteiger partial charge in [-0.25, -0.2) is 0 Å². The molecule has 0 spiro atoms. The first-order valence-electron chi connectivity index (χ1n) is 5.74. The van der Waals surface area contributed by atoms with Gasteiger partial charge in [-0.3, -0.25) is 4.99 Å². The molecule has 0 saturated carbocycles. The van der Waals surface area contributed by atoms with Crippen LogP contribution in [-0.2, 0) is 0 Å². The Morgan fingerprint density at radius 3 is 3.06 bits per heavy atom. The summed E-state index contributed by atoms with van der Waals surface area (Å²) in [6.45, 7) is 4.69. The van der Waals surface area contributed by atoms with Crippen LogP contribution in [0.4, 0.5) is 0 Å².